The second kappa shape index (κ2) is 3.04. The zero-order valence-electron chi connectivity index (χ0n) is 7.79. The van der Waals surface area contributed by atoms with Gasteiger partial charge in [-0.05, 0) is 30.5 Å². The fourth-order valence-electron chi connectivity index (χ4n) is 1.76. The van der Waals surface area contributed by atoms with Gasteiger partial charge in [-0.15, -0.1) is 0 Å². The van der Waals surface area contributed by atoms with Crippen LogP contribution in [0.3, 0.4) is 0 Å². The monoisotopic (exact) mass is 178 g/mol. The van der Waals surface area contributed by atoms with Crippen LogP contribution < -0.4 is 0 Å². The molecule has 2 rings (SSSR count). The summed E-state index contributed by atoms with van der Waals surface area (Å²) in [6.45, 7) is 0.789. The maximum Gasteiger partial charge on any atom is 0.115 e. The molecule has 1 aliphatic rings. The molecule has 0 unspecified atom stereocenters. The Morgan fingerprint density at radius 3 is 2.38 bits per heavy atom. The van der Waals surface area contributed by atoms with E-state index in [1.165, 1.54) is 18.4 Å². The molecule has 0 radical (unpaired) electrons. The smallest absolute Gasteiger partial charge is 0.115 e. The predicted molar refractivity (Wildman–Crippen MR) is 50.9 cm³/mol. The fourth-order valence-corrected chi connectivity index (χ4v) is 1.76. The van der Waals surface area contributed by atoms with Gasteiger partial charge in [0.2, 0.25) is 0 Å². The van der Waals surface area contributed by atoms with E-state index in [0.29, 0.717) is 5.75 Å². The standard InChI is InChI=1S/C11H14O2/c1-13-8-11(6-7-11)9-2-4-10(12)5-3-9/h2-5,12H,6-8H2,1H3. The van der Waals surface area contributed by atoms with Crippen LogP contribution in [0, 0.1) is 0 Å². The Bertz CT molecular complexity index is 285. The number of methoxy groups -OCH3 is 1. The molecule has 0 aliphatic heterocycles. The van der Waals surface area contributed by atoms with E-state index in [1.54, 1.807) is 19.2 Å². The van der Waals surface area contributed by atoms with Crippen LogP contribution in [0.1, 0.15) is 18.4 Å². The van der Waals surface area contributed by atoms with E-state index in [4.69, 9.17) is 9.84 Å². The number of hydrogen-bond donors (Lipinski definition) is 1. The van der Waals surface area contributed by atoms with Crippen molar-refractivity contribution < 1.29 is 9.84 Å². The molecule has 0 spiro atoms. The summed E-state index contributed by atoms with van der Waals surface area (Å²) in [7, 11) is 1.74. The van der Waals surface area contributed by atoms with Crippen LogP contribution in [0.25, 0.3) is 0 Å². The Morgan fingerprint density at radius 1 is 1.31 bits per heavy atom. The van der Waals surface area contributed by atoms with Gasteiger partial charge in [0.25, 0.3) is 0 Å². The predicted octanol–water partition coefficient (Wildman–Crippen LogP) is 2.07. The van der Waals surface area contributed by atoms with Gasteiger partial charge in [-0.2, -0.15) is 0 Å². The molecule has 70 valence electrons. The Balaban J connectivity index is 2.20. The molecule has 2 nitrogen and oxygen atoms in total. The summed E-state index contributed by atoms with van der Waals surface area (Å²) < 4.78 is 5.19. The number of phenols is 1. The first-order chi connectivity index (χ1) is 6.27. The molecule has 0 amide bonds. The van der Waals surface area contributed by atoms with E-state index in [-0.39, 0.29) is 5.41 Å². The maximum absolute atomic E-state index is 9.14. The third-order valence-corrected chi connectivity index (χ3v) is 2.75. The Morgan fingerprint density at radius 2 is 1.92 bits per heavy atom. The number of aromatic hydroxyl groups is 1. The van der Waals surface area contributed by atoms with Gasteiger partial charge in [0.05, 0.1) is 6.61 Å². The van der Waals surface area contributed by atoms with Crippen LogP contribution in [-0.4, -0.2) is 18.8 Å². The summed E-state index contributed by atoms with van der Waals surface area (Å²) in [5.74, 6) is 0.331. The molecule has 0 atom stereocenters. The van der Waals surface area contributed by atoms with Crippen molar-refractivity contribution in [2.45, 2.75) is 18.3 Å². The first kappa shape index (κ1) is 8.57. The lowest BCUT2D eigenvalue weighted by atomic mass is 9.97. The quantitative estimate of drug-likeness (QED) is 0.767. The lowest BCUT2D eigenvalue weighted by molar-refractivity contribution is 0.171. The summed E-state index contributed by atoms with van der Waals surface area (Å²) in [5.41, 5.74) is 1.54. The van der Waals surface area contributed by atoms with E-state index < -0.39 is 0 Å². The van der Waals surface area contributed by atoms with Crippen LogP contribution >= 0.6 is 0 Å². The summed E-state index contributed by atoms with van der Waals surface area (Å²) >= 11 is 0. The van der Waals surface area contributed by atoms with Crippen molar-refractivity contribution in [1.29, 1.82) is 0 Å². The number of phenolic OH excluding ortho intramolecular Hbond substituents is 1. The van der Waals surface area contributed by atoms with E-state index in [9.17, 15) is 0 Å². The van der Waals surface area contributed by atoms with E-state index in [2.05, 4.69) is 0 Å². The molecule has 13 heavy (non-hydrogen) atoms. The zero-order valence-corrected chi connectivity index (χ0v) is 7.79. The summed E-state index contributed by atoms with van der Waals surface area (Å²) in [5, 5.41) is 9.14. The van der Waals surface area contributed by atoms with E-state index in [1.807, 2.05) is 12.1 Å². The summed E-state index contributed by atoms with van der Waals surface area (Å²) in [6.07, 6.45) is 2.40. The van der Waals surface area contributed by atoms with Crippen molar-refractivity contribution in [3.63, 3.8) is 0 Å². The normalized spacial score (nSPS) is 18.5. The van der Waals surface area contributed by atoms with Crippen LogP contribution in [0.5, 0.6) is 5.75 Å². The van der Waals surface area contributed by atoms with Crippen molar-refractivity contribution >= 4 is 0 Å². The number of hydrogen-bond acceptors (Lipinski definition) is 2. The Kier molecular flexibility index (Phi) is 2.00. The molecule has 1 saturated carbocycles. The van der Waals surface area contributed by atoms with Gasteiger partial charge in [0.15, 0.2) is 0 Å². The molecule has 0 bridgehead atoms. The largest absolute Gasteiger partial charge is 0.508 e. The minimum absolute atomic E-state index is 0.252. The van der Waals surface area contributed by atoms with Crippen LogP contribution in [0.4, 0.5) is 0 Å². The number of benzene rings is 1. The molecule has 2 heteroatoms. The summed E-state index contributed by atoms with van der Waals surface area (Å²) in [4.78, 5) is 0. The molecule has 0 saturated heterocycles. The van der Waals surface area contributed by atoms with Gasteiger partial charge < -0.3 is 9.84 Å². The van der Waals surface area contributed by atoms with Crippen LogP contribution in [-0.2, 0) is 10.2 Å². The molecule has 1 fully saturated rings. The lowest BCUT2D eigenvalue weighted by Crippen LogP contribution is -2.13. The van der Waals surface area contributed by atoms with Gasteiger partial charge in [-0.1, -0.05) is 12.1 Å². The fraction of sp³-hybridized carbons (Fsp3) is 0.455. The van der Waals surface area contributed by atoms with Crippen LogP contribution in [0.2, 0.25) is 0 Å². The van der Waals surface area contributed by atoms with Gasteiger partial charge in [-0.3, -0.25) is 0 Å². The minimum Gasteiger partial charge on any atom is -0.508 e. The third kappa shape index (κ3) is 1.54. The molecule has 1 N–H and O–H groups in total. The molecule has 1 aromatic carbocycles. The third-order valence-electron chi connectivity index (χ3n) is 2.75. The second-order valence-corrected chi connectivity index (χ2v) is 3.76. The van der Waals surface area contributed by atoms with Crippen molar-refractivity contribution in [3.05, 3.63) is 29.8 Å². The minimum atomic E-state index is 0.252. The van der Waals surface area contributed by atoms with Crippen LogP contribution in [0.15, 0.2) is 24.3 Å². The average molecular weight is 178 g/mol. The number of ether oxygens (including phenoxy) is 1. The molecule has 0 heterocycles. The van der Waals surface area contributed by atoms with Crippen molar-refractivity contribution in [2.75, 3.05) is 13.7 Å². The molecule has 1 aromatic rings. The molecule has 0 aromatic heterocycles. The van der Waals surface area contributed by atoms with Gasteiger partial charge >= 0.3 is 0 Å². The highest BCUT2D eigenvalue weighted by Crippen LogP contribution is 2.48. The van der Waals surface area contributed by atoms with Gasteiger partial charge in [0.1, 0.15) is 5.75 Å². The van der Waals surface area contributed by atoms with E-state index >= 15 is 0 Å². The maximum atomic E-state index is 9.14. The molecular weight excluding hydrogens is 164 g/mol. The van der Waals surface area contributed by atoms with Crippen molar-refractivity contribution in [3.8, 4) is 5.75 Å². The molecule has 1 aliphatic carbocycles. The first-order valence-corrected chi connectivity index (χ1v) is 4.55. The van der Waals surface area contributed by atoms with Crippen molar-refractivity contribution in [2.24, 2.45) is 0 Å². The second-order valence-electron chi connectivity index (χ2n) is 3.76. The summed E-state index contributed by atoms with van der Waals surface area (Å²) in [6, 6.07) is 7.46. The zero-order chi connectivity index (χ0) is 9.31. The number of rotatable bonds is 3. The SMILES string of the molecule is COCC1(c2ccc(O)cc2)CC1. The average Bonchev–Trinajstić information content (AvgIpc) is 2.87. The van der Waals surface area contributed by atoms with Gasteiger partial charge in [-0.25, -0.2) is 0 Å². The lowest BCUT2D eigenvalue weighted by Gasteiger charge is -2.13. The highest BCUT2D eigenvalue weighted by molar-refractivity contribution is 5.35. The first-order valence-electron chi connectivity index (χ1n) is 4.55. The molecular formula is C11H14O2. The highest BCUT2D eigenvalue weighted by atomic mass is 16.5. The highest BCUT2D eigenvalue weighted by Gasteiger charge is 2.44. The topological polar surface area (TPSA) is 29.5 Å². The van der Waals surface area contributed by atoms with Crippen molar-refractivity contribution in [1.82, 2.24) is 0 Å². The Hall–Kier alpha value is -1.02. The van der Waals surface area contributed by atoms with Gasteiger partial charge in [0, 0.05) is 12.5 Å². The Labute approximate surface area is 78.2 Å². The van der Waals surface area contributed by atoms with E-state index in [0.717, 1.165) is 6.61 Å².